The van der Waals surface area contributed by atoms with Gasteiger partial charge in [-0.3, -0.25) is 9.59 Å². The van der Waals surface area contributed by atoms with Crippen LogP contribution in [0, 0.1) is 0 Å². The molecule has 0 fully saturated rings. The van der Waals surface area contributed by atoms with Gasteiger partial charge >= 0.3 is 6.03 Å². The average Bonchev–Trinajstić information content (AvgIpc) is 2.53. The number of hydrogen-bond donors (Lipinski definition) is 4. The second kappa shape index (κ2) is 8.77. The molecule has 0 heterocycles. The van der Waals surface area contributed by atoms with E-state index in [-0.39, 0.29) is 17.9 Å². The number of carbonyl (C=O) groups excluding carboxylic acids is 3. The number of benzene rings is 1. The Morgan fingerprint density at radius 3 is 2.43 bits per heavy atom. The van der Waals surface area contributed by atoms with Crippen molar-refractivity contribution in [3.05, 3.63) is 29.8 Å². The molecule has 0 aliphatic rings. The van der Waals surface area contributed by atoms with Crippen LogP contribution in [0.15, 0.2) is 24.3 Å². The Labute approximate surface area is 136 Å². The normalized spacial score (nSPS) is 12.7. The minimum absolute atomic E-state index is 0.0547. The maximum absolute atomic E-state index is 11.9. The van der Waals surface area contributed by atoms with E-state index in [1.807, 2.05) is 13.8 Å². The van der Waals surface area contributed by atoms with Crippen LogP contribution in [-0.2, 0) is 4.79 Å². The average molecular weight is 320 g/mol. The molecule has 2 atom stereocenters. The lowest BCUT2D eigenvalue weighted by atomic mass is 10.2. The lowest BCUT2D eigenvalue weighted by Crippen LogP contribution is -2.48. The maximum Gasteiger partial charge on any atom is 0.319 e. The molecule has 1 aromatic rings. The van der Waals surface area contributed by atoms with Crippen LogP contribution >= 0.6 is 0 Å². The van der Waals surface area contributed by atoms with Crippen LogP contribution in [0.5, 0.6) is 0 Å². The Balaban J connectivity index is 2.59. The molecule has 0 aliphatic carbocycles. The SMILES string of the molecule is CC[C@@H](C)NC(=O)[C@@H](C)NC(=O)Nc1cccc(C(=O)NC)c1. The van der Waals surface area contributed by atoms with Crippen LogP contribution in [0.3, 0.4) is 0 Å². The molecule has 0 spiro atoms. The quantitative estimate of drug-likeness (QED) is 0.638. The van der Waals surface area contributed by atoms with Gasteiger partial charge in [-0.2, -0.15) is 0 Å². The number of carbonyl (C=O) groups is 3. The van der Waals surface area contributed by atoms with E-state index in [2.05, 4.69) is 21.3 Å². The van der Waals surface area contributed by atoms with Gasteiger partial charge in [-0.25, -0.2) is 4.79 Å². The number of anilines is 1. The predicted molar refractivity (Wildman–Crippen MR) is 89.3 cm³/mol. The van der Waals surface area contributed by atoms with Crippen molar-refractivity contribution in [3.8, 4) is 0 Å². The van der Waals surface area contributed by atoms with E-state index < -0.39 is 12.1 Å². The van der Waals surface area contributed by atoms with Crippen LogP contribution in [0.1, 0.15) is 37.6 Å². The Bertz CT molecular complexity index is 574. The second-order valence-corrected chi connectivity index (χ2v) is 5.30. The van der Waals surface area contributed by atoms with Gasteiger partial charge in [-0.1, -0.05) is 13.0 Å². The molecular formula is C16H24N4O3. The lowest BCUT2D eigenvalue weighted by molar-refractivity contribution is -0.123. The smallest absolute Gasteiger partial charge is 0.319 e. The molecule has 1 aromatic carbocycles. The summed E-state index contributed by atoms with van der Waals surface area (Å²) in [6.07, 6.45) is 0.816. The van der Waals surface area contributed by atoms with Gasteiger partial charge < -0.3 is 21.3 Å². The van der Waals surface area contributed by atoms with E-state index in [0.717, 1.165) is 6.42 Å². The van der Waals surface area contributed by atoms with Crippen molar-refractivity contribution in [2.24, 2.45) is 0 Å². The molecule has 4 amide bonds. The monoisotopic (exact) mass is 320 g/mol. The molecule has 7 heteroatoms. The molecular weight excluding hydrogens is 296 g/mol. The highest BCUT2D eigenvalue weighted by Crippen LogP contribution is 2.10. The largest absolute Gasteiger partial charge is 0.355 e. The molecule has 0 unspecified atom stereocenters. The zero-order chi connectivity index (χ0) is 17.4. The summed E-state index contributed by atoms with van der Waals surface area (Å²) in [6, 6.07) is 5.41. The van der Waals surface area contributed by atoms with Crippen molar-refractivity contribution in [2.45, 2.75) is 39.3 Å². The topological polar surface area (TPSA) is 99.3 Å². The first-order valence-electron chi connectivity index (χ1n) is 7.57. The number of urea groups is 1. The molecule has 0 saturated carbocycles. The number of hydrogen-bond acceptors (Lipinski definition) is 3. The van der Waals surface area contributed by atoms with Crippen molar-refractivity contribution < 1.29 is 14.4 Å². The summed E-state index contributed by atoms with van der Waals surface area (Å²) in [5.41, 5.74) is 0.908. The van der Waals surface area contributed by atoms with Crippen LogP contribution in [0.4, 0.5) is 10.5 Å². The molecule has 126 valence electrons. The molecule has 0 aliphatic heterocycles. The van der Waals surface area contributed by atoms with E-state index in [9.17, 15) is 14.4 Å². The van der Waals surface area contributed by atoms with Gasteiger partial charge in [0.15, 0.2) is 0 Å². The molecule has 4 N–H and O–H groups in total. The van der Waals surface area contributed by atoms with Crippen LogP contribution in [-0.4, -0.2) is 37.0 Å². The number of nitrogens with one attached hydrogen (secondary N) is 4. The summed E-state index contributed by atoms with van der Waals surface area (Å²) < 4.78 is 0. The molecule has 1 rings (SSSR count). The fourth-order valence-corrected chi connectivity index (χ4v) is 1.78. The van der Waals surface area contributed by atoms with Gasteiger partial charge in [0.05, 0.1) is 0 Å². The third-order valence-corrected chi connectivity index (χ3v) is 3.35. The second-order valence-electron chi connectivity index (χ2n) is 5.30. The Morgan fingerprint density at radius 1 is 1.13 bits per heavy atom. The Hall–Kier alpha value is -2.57. The van der Waals surface area contributed by atoms with Crippen molar-refractivity contribution in [2.75, 3.05) is 12.4 Å². The van der Waals surface area contributed by atoms with Crippen LogP contribution < -0.4 is 21.3 Å². The van der Waals surface area contributed by atoms with Crippen LogP contribution in [0.2, 0.25) is 0 Å². The van der Waals surface area contributed by atoms with Gasteiger partial charge in [-0.05, 0) is 38.5 Å². The van der Waals surface area contributed by atoms with E-state index in [4.69, 9.17) is 0 Å². The molecule has 0 aromatic heterocycles. The first kappa shape index (κ1) is 18.5. The number of rotatable bonds is 6. The van der Waals surface area contributed by atoms with Gasteiger partial charge in [0.1, 0.15) is 6.04 Å². The van der Waals surface area contributed by atoms with Gasteiger partial charge in [0.2, 0.25) is 5.91 Å². The molecule has 0 bridgehead atoms. The molecule has 0 saturated heterocycles. The first-order valence-corrected chi connectivity index (χ1v) is 7.57. The Kier molecular flexibility index (Phi) is 7.05. The summed E-state index contributed by atoms with van der Waals surface area (Å²) >= 11 is 0. The molecule has 0 radical (unpaired) electrons. The Morgan fingerprint density at radius 2 is 1.83 bits per heavy atom. The van der Waals surface area contributed by atoms with Gasteiger partial charge in [-0.15, -0.1) is 0 Å². The van der Waals surface area contributed by atoms with Gasteiger partial charge in [0, 0.05) is 24.3 Å². The third-order valence-electron chi connectivity index (χ3n) is 3.35. The molecule has 7 nitrogen and oxygen atoms in total. The van der Waals surface area contributed by atoms with Crippen molar-refractivity contribution >= 4 is 23.5 Å². The highest BCUT2D eigenvalue weighted by Gasteiger charge is 2.17. The minimum Gasteiger partial charge on any atom is -0.355 e. The lowest BCUT2D eigenvalue weighted by Gasteiger charge is -2.17. The zero-order valence-corrected chi connectivity index (χ0v) is 13.9. The highest BCUT2D eigenvalue weighted by atomic mass is 16.2. The first-order chi connectivity index (χ1) is 10.9. The summed E-state index contributed by atoms with van der Waals surface area (Å²) in [4.78, 5) is 35.4. The van der Waals surface area contributed by atoms with E-state index in [0.29, 0.717) is 11.3 Å². The zero-order valence-electron chi connectivity index (χ0n) is 13.9. The fourth-order valence-electron chi connectivity index (χ4n) is 1.78. The van der Waals surface area contributed by atoms with E-state index in [1.54, 1.807) is 31.2 Å². The van der Waals surface area contributed by atoms with Crippen molar-refractivity contribution in [3.63, 3.8) is 0 Å². The maximum atomic E-state index is 11.9. The van der Waals surface area contributed by atoms with E-state index in [1.165, 1.54) is 7.05 Å². The fraction of sp³-hybridized carbons (Fsp3) is 0.438. The number of amides is 4. The van der Waals surface area contributed by atoms with E-state index >= 15 is 0 Å². The highest BCUT2D eigenvalue weighted by molar-refractivity contribution is 5.97. The standard InChI is InChI=1S/C16H24N4O3/c1-5-10(2)18-14(21)11(3)19-16(23)20-13-8-6-7-12(9-13)15(22)17-4/h6-11H,5H2,1-4H3,(H,17,22)(H,18,21)(H2,19,20,23)/t10-,11-/m1/s1. The van der Waals surface area contributed by atoms with Gasteiger partial charge in [0.25, 0.3) is 5.91 Å². The summed E-state index contributed by atoms with van der Waals surface area (Å²) in [5, 5.41) is 10.5. The van der Waals surface area contributed by atoms with Crippen molar-refractivity contribution in [1.82, 2.24) is 16.0 Å². The van der Waals surface area contributed by atoms with Crippen molar-refractivity contribution in [1.29, 1.82) is 0 Å². The summed E-state index contributed by atoms with van der Waals surface area (Å²) in [5.74, 6) is -0.482. The molecule has 23 heavy (non-hydrogen) atoms. The van der Waals surface area contributed by atoms with Crippen LogP contribution in [0.25, 0.3) is 0 Å². The minimum atomic E-state index is -0.661. The summed E-state index contributed by atoms with van der Waals surface area (Å²) in [6.45, 7) is 5.47. The predicted octanol–water partition coefficient (Wildman–Crippen LogP) is 1.47. The summed E-state index contributed by atoms with van der Waals surface area (Å²) in [7, 11) is 1.53. The third kappa shape index (κ3) is 5.98.